The van der Waals surface area contributed by atoms with Crippen LogP contribution in [0.25, 0.3) is 0 Å². The Bertz CT molecular complexity index is 387. The Balaban J connectivity index is 2.25. The minimum atomic E-state index is 0.208. The summed E-state index contributed by atoms with van der Waals surface area (Å²) < 4.78 is 0. The molecule has 3 nitrogen and oxygen atoms in total. The highest BCUT2D eigenvalue weighted by atomic mass is 16.2. The van der Waals surface area contributed by atoms with Crippen molar-refractivity contribution in [3.63, 3.8) is 0 Å². The van der Waals surface area contributed by atoms with E-state index in [-0.39, 0.29) is 5.91 Å². The van der Waals surface area contributed by atoms with Crippen molar-refractivity contribution < 1.29 is 4.79 Å². The Kier molecular flexibility index (Phi) is 3.22. The van der Waals surface area contributed by atoms with Gasteiger partial charge >= 0.3 is 0 Å². The van der Waals surface area contributed by atoms with Crippen molar-refractivity contribution in [2.45, 2.75) is 39.0 Å². The summed E-state index contributed by atoms with van der Waals surface area (Å²) >= 11 is 0. The third-order valence-electron chi connectivity index (χ3n) is 2.95. The van der Waals surface area contributed by atoms with Crippen molar-refractivity contribution in [2.75, 3.05) is 11.4 Å². The lowest BCUT2D eigenvalue weighted by molar-refractivity contribution is -0.119. The number of hydrogen-bond donors (Lipinski definition) is 0. The molecule has 0 atom stereocenters. The number of carbonyl (C=O) groups is 1. The first-order valence-corrected chi connectivity index (χ1v) is 5.96. The molecule has 0 radical (unpaired) electrons. The second kappa shape index (κ2) is 4.64. The van der Waals surface area contributed by atoms with Crippen molar-refractivity contribution >= 4 is 11.7 Å². The summed E-state index contributed by atoms with van der Waals surface area (Å²) in [5.41, 5.74) is 1.05. The maximum absolute atomic E-state index is 11.8. The van der Waals surface area contributed by atoms with Crippen LogP contribution in [-0.2, 0) is 4.79 Å². The zero-order valence-corrected chi connectivity index (χ0v) is 9.94. The summed E-state index contributed by atoms with van der Waals surface area (Å²) in [5.74, 6) is 1.43. The topological polar surface area (TPSA) is 33.2 Å². The molecule has 1 aromatic rings. The van der Waals surface area contributed by atoms with Gasteiger partial charge in [0.25, 0.3) is 0 Å². The van der Waals surface area contributed by atoms with Gasteiger partial charge in [0.15, 0.2) is 0 Å². The van der Waals surface area contributed by atoms with Crippen LogP contribution in [0.5, 0.6) is 0 Å². The van der Waals surface area contributed by atoms with Gasteiger partial charge in [-0.2, -0.15) is 0 Å². The second-order valence-electron chi connectivity index (χ2n) is 4.58. The molecule has 16 heavy (non-hydrogen) atoms. The third kappa shape index (κ3) is 2.23. The molecule has 0 N–H and O–H groups in total. The first-order chi connectivity index (χ1) is 7.68. The van der Waals surface area contributed by atoms with Gasteiger partial charge in [0, 0.05) is 18.7 Å². The minimum Gasteiger partial charge on any atom is -0.297 e. The second-order valence-corrected chi connectivity index (χ2v) is 4.58. The van der Waals surface area contributed by atoms with Crippen LogP contribution in [0.4, 0.5) is 5.82 Å². The van der Waals surface area contributed by atoms with E-state index in [1.807, 2.05) is 23.1 Å². The Morgan fingerprint density at radius 3 is 2.81 bits per heavy atom. The fraction of sp³-hybridized carbons (Fsp3) is 0.538. The van der Waals surface area contributed by atoms with Gasteiger partial charge in [-0.15, -0.1) is 0 Å². The summed E-state index contributed by atoms with van der Waals surface area (Å²) in [6.45, 7) is 5.04. The van der Waals surface area contributed by atoms with Gasteiger partial charge in [-0.05, 0) is 30.9 Å². The van der Waals surface area contributed by atoms with E-state index in [4.69, 9.17) is 0 Å². The first-order valence-electron chi connectivity index (χ1n) is 5.96. The van der Waals surface area contributed by atoms with E-state index in [2.05, 4.69) is 18.8 Å². The van der Waals surface area contributed by atoms with E-state index in [0.29, 0.717) is 12.3 Å². The van der Waals surface area contributed by atoms with Gasteiger partial charge in [0.2, 0.25) is 5.91 Å². The van der Waals surface area contributed by atoms with Crippen LogP contribution in [0.2, 0.25) is 0 Å². The molecule has 0 saturated carbocycles. The van der Waals surface area contributed by atoms with Gasteiger partial charge in [0.1, 0.15) is 5.82 Å². The standard InChI is InChI=1S/C13H18N2O/c1-10(2)11-6-5-7-12(14-11)15-9-4-3-8-13(15)16/h5-7,10H,3-4,8-9H2,1-2H3. The molecular weight excluding hydrogens is 200 g/mol. The number of pyridine rings is 1. The van der Waals surface area contributed by atoms with E-state index >= 15 is 0 Å². The van der Waals surface area contributed by atoms with Crippen LogP contribution >= 0.6 is 0 Å². The Labute approximate surface area is 96.5 Å². The molecule has 0 unspecified atom stereocenters. The van der Waals surface area contributed by atoms with E-state index in [9.17, 15) is 4.79 Å². The van der Waals surface area contributed by atoms with Gasteiger partial charge in [-0.3, -0.25) is 9.69 Å². The quantitative estimate of drug-likeness (QED) is 0.764. The molecule has 2 rings (SSSR count). The fourth-order valence-corrected chi connectivity index (χ4v) is 1.96. The third-order valence-corrected chi connectivity index (χ3v) is 2.95. The molecular formula is C13H18N2O. The van der Waals surface area contributed by atoms with Crippen LogP contribution in [0, 0.1) is 0 Å². The fourth-order valence-electron chi connectivity index (χ4n) is 1.96. The summed E-state index contributed by atoms with van der Waals surface area (Å²) in [5, 5.41) is 0. The Hall–Kier alpha value is -1.38. The molecule has 3 heteroatoms. The number of amides is 1. The number of aromatic nitrogens is 1. The minimum absolute atomic E-state index is 0.208. The molecule has 0 bridgehead atoms. The molecule has 1 aliphatic heterocycles. The molecule has 1 saturated heterocycles. The molecule has 86 valence electrons. The maximum atomic E-state index is 11.8. The zero-order chi connectivity index (χ0) is 11.5. The molecule has 1 fully saturated rings. The number of anilines is 1. The van der Waals surface area contributed by atoms with E-state index < -0.39 is 0 Å². The van der Waals surface area contributed by atoms with Crippen molar-refractivity contribution in [1.29, 1.82) is 0 Å². The number of rotatable bonds is 2. The Morgan fingerprint density at radius 1 is 1.31 bits per heavy atom. The lowest BCUT2D eigenvalue weighted by Crippen LogP contribution is -2.35. The SMILES string of the molecule is CC(C)c1cccc(N2CCCCC2=O)n1. The van der Waals surface area contributed by atoms with E-state index in [0.717, 1.165) is 30.9 Å². The van der Waals surface area contributed by atoms with Crippen molar-refractivity contribution in [1.82, 2.24) is 4.98 Å². The molecule has 0 aromatic carbocycles. The monoisotopic (exact) mass is 218 g/mol. The van der Waals surface area contributed by atoms with Crippen LogP contribution < -0.4 is 4.90 Å². The zero-order valence-electron chi connectivity index (χ0n) is 9.94. The van der Waals surface area contributed by atoms with Crippen LogP contribution in [0.15, 0.2) is 18.2 Å². The van der Waals surface area contributed by atoms with Gasteiger partial charge in [0.05, 0.1) is 0 Å². The molecule has 1 aromatic heterocycles. The lowest BCUT2D eigenvalue weighted by atomic mass is 10.1. The van der Waals surface area contributed by atoms with E-state index in [1.54, 1.807) is 0 Å². The summed E-state index contributed by atoms with van der Waals surface area (Å²) in [6.07, 6.45) is 2.76. The molecule has 0 aliphatic carbocycles. The lowest BCUT2D eigenvalue weighted by Gasteiger charge is -2.26. The number of piperidine rings is 1. The van der Waals surface area contributed by atoms with Crippen molar-refractivity contribution in [3.8, 4) is 0 Å². The molecule has 1 aliphatic rings. The summed E-state index contributed by atoms with van der Waals surface area (Å²) in [6, 6.07) is 5.93. The summed E-state index contributed by atoms with van der Waals surface area (Å²) in [4.78, 5) is 18.1. The smallest absolute Gasteiger partial charge is 0.228 e. The molecule has 0 spiro atoms. The Morgan fingerprint density at radius 2 is 2.12 bits per heavy atom. The molecule has 2 heterocycles. The predicted octanol–water partition coefficient (Wildman–Crippen LogP) is 2.72. The number of nitrogens with zero attached hydrogens (tertiary/aromatic N) is 2. The highest BCUT2D eigenvalue weighted by molar-refractivity contribution is 5.93. The van der Waals surface area contributed by atoms with Crippen LogP contribution in [0.1, 0.15) is 44.7 Å². The summed E-state index contributed by atoms with van der Waals surface area (Å²) in [7, 11) is 0. The number of hydrogen-bond acceptors (Lipinski definition) is 2. The highest BCUT2D eigenvalue weighted by Crippen LogP contribution is 2.21. The van der Waals surface area contributed by atoms with Crippen LogP contribution in [-0.4, -0.2) is 17.4 Å². The average molecular weight is 218 g/mol. The predicted molar refractivity (Wildman–Crippen MR) is 64.5 cm³/mol. The average Bonchev–Trinajstić information content (AvgIpc) is 2.30. The molecule has 1 amide bonds. The van der Waals surface area contributed by atoms with Crippen molar-refractivity contribution in [2.24, 2.45) is 0 Å². The maximum Gasteiger partial charge on any atom is 0.228 e. The highest BCUT2D eigenvalue weighted by Gasteiger charge is 2.20. The van der Waals surface area contributed by atoms with E-state index in [1.165, 1.54) is 0 Å². The van der Waals surface area contributed by atoms with Crippen molar-refractivity contribution in [3.05, 3.63) is 23.9 Å². The first kappa shape index (κ1) is 11.1. The van der Waals surface area contributed by atoms with Gasteiger partial charge < -0.3 is 0 Å². The van der Waals surface area contributed by atoms with Gasteiger partial charge in [-0.25, -0.2) is 4.98 Å². The largest absolute Gasteiger partial charge is 0.297 e. The van der Waals surface area contributed by atoms with Gasteiger partial charge in [-0.1, -0.05) is 19.9 Å². The number of carbonyl (C=O) groups excluding carboxylic acids is 1. The van der Waals surface area contributed by atoms with Crippen LogP contribution in [0.3, 0.4) is 0 Å². The normalized spacial score (nSPS) is 16.9.